The summed E-state index contributed by atoms with van der Waals surface area (Å²) in [6.07, 6.45) is 1.67. The van der Waals surface area contributed by atoms with Gasteiger partial charge >= 0.3 is 0 Å². The average Bonchev–Trinajstić information content (AvgIpc) is 2.81. The van der Waals surface area contributed by atoms with E-state index in [4.69, 9.17) is 16.3 Å². The fourth-order valence-corrected chi connectivity index (χ4v) is 5.36. The molecule has 3 rings (SSSR count). The third-order valence-electron chi connectivity index (χ3n) is 4.98. The second-order valence-electron chi connectivity index (χ2n) is 7.60. The van der Waals surface area contributed by atoms with Gasteiger partial charge in [-0.15, -0.1) is 11.8 Å². The Balaban J connectivity index is 1.51. The summed E-state index contributed by atoms with van der Waals surface area (Å²) in [6.45, 7) is 0.157. The van der Waals surface area contributed by atoms with Crippen LogP contribution in [-0.2, 0) is 20.6 Å². The number of methoxy groups -OCH3 is 1. The van der Waals surface area contributed by atoms with Gasteiger partial charge in [0.1, 0.15) is 5.75 Å². The fourth-order valence-electron chi connectivity index (χ4n) is 3.27. The van der Waals surface area contributed by atoms with Gasteiger partial charge in [-0.05, 0) is 54.4 Å². The molecule has 0 aliphatic carbocycles. The van der Waals surface area contributed by atoms with Crippen LogP contribution in [0.2, 0.25) is 5.02 Å². The molecule has 0 fully saturated rings. The molecule has 0 atom stereocenters. The first-order valence-corrected chi connectivity index (χ1v) is 13.9. The first-order chi connectivity index (χ1) is 16.3. The number of carbonyl (C=O) groups is 1. The van der Waals surface area contributed by atoms with Crippen LogP contribution < -0.4 is 14.4 Å². The molecular weight excluding hydrogens is 492 g/mol. The quantitative estimate of drug-likeness (QED) is 0.323. The highest BCUT2D eigenvalue weighted by atomic mass is 35.5. The summed E-state index contributed by atoms with van der Waals surface area (Å²) in [7, 11) is -2.05. The number of anilines is 2. The summed E-state index contributed by atoms with van der Waals surface area (Å²) < 4.78 is 30.9. The molecule has 1 N–H and O–H groups in total. The van der Waals surface area contributed by atoms with Crippen LogP contribution in [0.5, 0.6) is 5.75 Å². The summed E-state index contributed by atoms with van der Waals surface area (Å²) >= 11 is 7.90. The van der Waals surface area contributed by atoms with E-state index in [1.165, 1.54) is 16.3 Å². The highest BCUT2D eigenvalue weighted by molar-refractivity contribution is 7.98. The van der Waals surface area contributed by atoms with Crippen LogP contribution in [0.1, 0.15) is 18.4 Å². The van der Waals surface area contributed by atoms with Crippen molar-refractivity contribution in [1.82, 2.24) is 0 Å². The number of hydrogen-bond acceptors (Lipinski definition) is 5. The van der Waals surface area contributed by atoms with Gasteiger partial charge in [-0.2, -0.15) is 0 Å². The van der Waals surface area contributed by atoms with Gasteiger partial charge in [-0.1, -0.05) is 41.9 Å². The second kappa shape index (κ2) is 12.1. The second-order valence-corrected chi connectivity index (χ2v) is 11.0. The lowest BCUT2D eigenvalue weighted by molar-refractivity contribution is -0.116. The van der Waals surface area contributed by atoms with Gasteiger partial charge in [-0.3, -0.25) is 9.10 Å². The van der Waals surface area contributed by atoms with Crippen molar-refractivity contribution in [2.45, 2.75) is 23.5 Å². The minimum Gasteiger partial charge on any atom is -0.495 e. The molecule has 0 aliphatic rings. The number of amides is 1. The zero-order valence-electron chi connectivity index (χ0n) is 19.0. The van der Waals surface area contributed by atoms with Crippen molar-refractivity contribution in [1.29, 1.82) is 0 Å². The van der Waals surface area contributed by atoms with Crippen LogP contribution in [0.4, 0.5) is 11.4 Å². The van der Waals surface area contributed by atoms with Crippen molar-refractivity contribution >= 4 is 50.7 Å². The number of nitrogens with one attached hydrogen (secondary N) is 1. The number of thioether (sulfide) groups is 1. The Bertz CT molecular complexity index is 1200. The molecular formula is C25H27ClN2O4S2. The van der Waals surface area contributed by atoms with Crippen LogP contribution in [0.15, 0.2) is 77.7 Å². The molecule has 180 valence electrons. The minimum absolute atomic E-state index is 0.157. The molecule has 0 saturated carbocycles. The van der Waals surface area contributed by atoms with Crippen LogP contribution in [-0.4, -0.2) is 34.2 Å². The zero-order valence-corrected chi connectivity index (χ0v) is 21.4. The summed E-state index contributed by atoms with van der Waals surface area (Å²) in [5, 5.41) is 3.18. The highest BCUT2D eigenvalue weighted by Crippen LogP contribution is 2.30. The first-order valence-electron chi connectivity index (χ1n) is 10.6. The molecule has 0 aliphatic heterocycles. The van der Waals surface area contributed by atoms with Crippen molar-refractivity contribution in [2.75, 3.05) is 29.5 Å². The van der Waals surface area contributed by atoms with E-state index < -0.39 is 10.0 Å². The monoisotopic (exact) mass is 518 g/mol. The number of carbonyl (C=O) groups excluding carboxylic acids is 1. The third-order valence-corrected chi connectivity index (χ3v) is 7.55. The summed E-state index contributed by atoms with van der Waals surface area (Å²) in [5.74, 6) is 1.13. The number of hydrogen-bond donors (Lipinski definition) is 1. The van der Waals surface area contributed by atoms with Gasteiger partial charge in [0.05, 0.1) is 24.1 Å². The van der Waals surface area contributed by atoms with Crippen molar-refractivity contribution in [3.63, 3.8) is 0 Å². The lowest BCUT2D eigenvalue weighted by Crippen LogP contribution is -2.31. The highest BCUT2D eigenvalue weighted by Gasteiger charge is 2.19. The van der Waals surface area contributed by atoms with E-state index >= 15 is 0 Å². The predicted molar refractivity (Wildman–Crippen MR) is 141 cm³/mol. The molecule has 3 aromatic rings. The van der Waals surface area contributed by atoms with Crippen molar-refractivity contribution in [3.05, 3.63) is 83.4 Å². The topological polar surface area (TPSA) is 75.7 Å². The Hall–Kier alpha value is -2.68. The Morgan fingerprint density at radius 2 is 1.76 bits per heavy atom. The molecule has 0 saturated heterocycles. The molecule has 6 nitrogen and oxygen atoms in total. The largest absolute Gasteiger partial charge is 0.495 e. The summed E-state index contributed by atoms with van der Waals surface area (Å²) in [4.78, 5) is 13.6. The maximum atomic E-state index is 12.4. The molecule has 0 bridgehead atoms. The molecule has 0 radical (unpaired) electrons. The normalized spacial score (nSPS) is 11.1. The molecule has 34 heavy (non-hydrogen) atoms. The minimum atomic E-state index is -3.54. The molecule has 0 spiro atoms. The van der Waals surface area contributed by atoms with E-state index in [2.05, 4.69) is 17.4 Å². The maximum Gasteiger partial charge on any atom is 0.232 e. The van der Waals surface area contributed by atoms with Crippen LogP contribution >= 0.6 is 23.4 Å². The lowest BCUT2D eigenvalue weighted by atomic mass is 10.2. The van der Waals surface area contributed by atoms with Gasteiger partial charge in [0.25, 0.3) is 0 Å². The molecule has 3 aromatic carbocycles. The van der Waals surface area contributed by atoms with Crippen molar-refractivity contribution in [2.24, 2.45) is 0 Å². The maximum absolute atomic E-state index is 12.4. The number of halogens is 1. The van der Waals surface area contributed by atoms with E-state index in [0.29, 0.717) is 28.6 Å². The lowest BCUT2D eigenvalue weighted by Gasteiger charge is -2.23. The van der Waals surface area contributed by atoms with Crippen molar-refractivity contribution in [3.8, 4) is 5.75 Å². The van der Waals surface area contributed by atoms with E-state index in [1.54, 1.807) is 30.0 Å². The van der Waals surface area contributed by atoms with Crippen molar-refractivity contribution < 1.29 is 17.9 Å². The molecule has 1 amide bonds. The Morgan fingerprint density at radius 3 is 2.38 bits per heavy atom. The van der Waals surface area contributed by atoms with Crippen LogP contribution in [0.25, 0.3) is 0 Å². The van der Waals surface area contributed by atoms with Gasteiger partial charge in [0.2, 0.25) is 15.9 Å². The van der Waals surface area contributed by atoms with Gasteiger partial charge < -0.3 is 10.1 Å². The summed E-state index contributed by atoms with van der Waals surface area (Å²) in [5.41, 5.74) is 2.30. The predicted octanol–water partition coefficient (Wildman–Crippen LogP) is 5.83. The molecule has 0 unspecified atom stereocenters. The SMILES string of the molecule is COc1ccc(N(CCCC(=O)Nc2ccc(CSc3ccccc3)cc2)S(C)(=O)=O)cc1Cl. The summed E-state index contributed by atoms with van der Waals surface area (Å²) in [6, 6.07) is 22.7. The molecule has 0 aromatic heterocycles. The standard InChI is InChI=1S/C25H27ClN2O4S2/c1-32-24-15-14-21(17-23(24)26)28(34(2,30)31)16-6-9-25(29)27-20-12-10-19(11-13-20)18-33-22-7-4-3-5-8-22/h3-5,7-8,10-15,17H,6,9,16,18H2,1-2H3,(H,27,29). The van der Waals surface area contributed by atoms with E-state index in [9.17, 15) is 13.2 Å². The number of sulfonamides is 1. The third kappa shape index (κ3) is 7.68. The number of nitrogens with zero attached hydrogens (tertiary/aromatic N) is 1. The van der Waals surface area contributed by atoms with Crippen LogP contribution in [0, 0.1) is 0 Å². The van der Waals surface area contributed by atoms with E-state index in [0.717, 1.165) is 17.6 Å². The van der Waals surface area contributed by atoms with Crippen LogP contribution in [0.3, 0.4) is 0 Å². The number of benzene rings is 3. The number of rotatable bonds is 11. The van der Waals surface area contributed by atoms with Gasteiger partial charge in [-0.25, -0.2) is 8.42 Å². The smallest absolute Gasteiger partial charge is 0.232 e. The van der Waals surface area contributed by atoms with E-state index in [-0.39, 0.29) is 18.9 Å². The Morgan fingerprint density at radius 1 is 1.06 bits per heavy atom. The van der Waals surface area contributed by atoms with E-state index in [1.807, 2.05) is 42.5 Å². The molecule has 0 heterocycles. The Kier molecular flexibility index (Phi) is 9.27. The Labute approximate surface area is 210 Å². The fraction of sp³-hybridized carbons (Fsp3) is 0.240. The van der Waals surface area contributed by atoms with Gasteiger partial charge in [0.15, 0.2) is 0 Å². The van der Waals surface area contributed by atoms with Gasteiger partial charge in [0, 0.05) is 29.3 Å². The average molecular weight is 519 g/mol. The number of ether oxygens (including phenoxy) is 1. The zero-order chi connectivity index (χ0) is 24.6. The first kappa shape index (κ1) is 25.9. The molecule has 9 heteroatoms.